The summed E-state index contributed by atoms with van der Waals surface area (Å²) in [5.41, 5.74) is 5.40. The SMILES string of the molecule is Cc1cnc2c(c1)c(C#N)c(-c1ccc(N(P)NC3(C(F)(F)F)CC3)cc1)n2C1CCC1. The molecule has 2 heterocycles. The van der Waals surface area contributed by atoms with Gasteiger partial charge in [-0.05, 0) is 77.7 Å². The average Bonchev–Trinajstić information content (AvgIpc) is 3.44. The molecule has 0 amide bonds. The molecule has 5 nitrogen and oxygen atoms in total. The van der Waals surface area contributed by atoms with E-state index in [0.717, 1.165) is 47.1 Å². The largest absolute Gasteiger partial charge is 0.408 e. The van der Waals surface area contributed by atoms with Crippen LogP contribution in [0.2, 0.25) is 0 Å². The molecule has 1 aromatic carbocycles. The van der Waals surface area contributed by atoms with Crippen LogP contribution in [0.1, 0.15) is 49.3 Å². The van der Waals surface area contributed by atoms with Gasteiger partial charge in [0.15, 0.2) is 0 Å². The average molecular weight is 457 g/mol. The highest BCUT2D eigenvalue weighted by atomic mass is 31.0. The second kappa shape index (κ2) is 7.47. The van der Waals surface area contributed by atoms with E-state index >= 15 is 0 Å². The highest BCUT2D eigenvalue weighted by molar-refractivity contribution is 7.18. The van der Waals surface area contributed by atoms with Crippen molar-refractivity contribution in [2.24, 2.45) is 0 Å². The molecule has 2 saturated carbocycles. The minimum absolute atomic E-state index is 0.0684. The standard InChI is InChI=1S/C23H23F3N5P/c1-14-11-18-19(12-27)20(30(16-3-2-4-16)21(18)28-13-14)15-5-7-17(8-6-15)31(32)29-22(9-10-22)23(24,25)26/h5-8,11,13,16,29H,2-4,9-10,32H2,1H3. The number of pyridine rings is 1. The summed E-state index contributed by atoms with van der Waals surface area (Å²) in [6.07, 6.45) is 0.884. The first-order valence-electron chi connectivity index (χ1n) is 10.6. The number of nitriles is 1. The highest BCUT2D eigenvalue weighted by Gasteiger charge is 2.64. The van der Waals surface area contributed by atoms with Gasteiger partial charge in [0.1, 0.15) is 17.3 Å². The van der Waals surface area contributed by atoms with Crippen molar-refractivity contribution in [3.63, 3.8) is 0 Å². The number of aryl methyl sites for hydroxylation is 1. The van der Waals surface area contributed by atoms with Gasteiger partial charge in [0.2, 0.25) is 0 Å². The normalized spacial score (nSPS) is 17.8. The lowest BCUT2D eigenvalue weighted by Gasteiger charge is -2.30. The smallest absolute Gasteiger partial charge is 0.321 e. The van der Waals surface area contributed by atoms with E-state index in [0.29, 0.717) is 17.3 Å². The number of fused-ring (bicyclic) bond motifs is 1. The number of alkyl halides is 3. The van der Waals surface area contributed by atoms with Gasteiger partial charge >= 0.3 is 6.18 Å². The molecule has 1 unspecified atom stereocenters. The first-order chi connectivity index (χ1) is 15.2. The van der Waals surface area contributed by atoms with Gasteiger partial charge in [0.05, 0.1) is 16.9 Å². The Hall–Kier alpha value is -2.62. The van der Waals surface area contributed by atoms with Crippen molar-refractivity contribution >= 4 is 26.1 Å². The quantitative estimate of drug-likeness (QED) is 0.388. The number of halogens is 3. The van der Waals surface area contributed by atoms with Gasteiger partial charge in [-0.3, -0.25) is 4.78 Å². The third-order valence-corrected chi connectivity index (χ3v) is 7.00. The molecule has 3 aromatic rings. The second-order valence-electron chi connectivity index (χ2n) is 8.78. The first kappa shape index (κ1) is 21.2. The number of hydrogen-bond donors (Lipinski definition) is 1. The third-order valence-electron chi connectivity index (χ3n) is 6.58. The Morgan fingerprint density at radius 3 is 2.47 bits per heavy atom. The van der Waals surface area contributed by atoms with Crippen LogP contribution in [0, 0.1) is 18.3 Å². The van der Waals surface area contributed by atoms with Crippen LogP contribution in [-0.2, 0) is 0 Å². The number of nitrogens with zero attached hydrogens (tertiary/aromatic N) is 4. The van der Waals surface area contributed by atoms with E-state index in [1.165, 1.54) is 4.78 Å². The van der Waals surface area contributed by atoms with E-state index in [4.69, 9.17) is 0 Å². The summed E-state index contributed by atoms with van der Waals surface area (Å²) in [5, 5.41) is 10.8. The molecule has 1 N–H and O–H groups in total. The summed E-state index contributed by atoms with van der Waals surface area (Å²) in [5.74, 6) is 0. The fourth-order valence-corrected chi connectivity index (χ4v) is 4.77. The lowest BCUT2D eigenvalue weighted by molar-refractivity contribution is -0.165. The molecule has 9 heteroatoms. The molecular formula is C23H23F3N5P. The van der Waals surface area contributed by atoms with Gasteiger partial charge in [-0.2, -0.15) is 18.4 Å². The molecule has 5 rings (SSSR count). The van der Waals surface area contributed by atoms with Gasteiger partial charge in [-0.25, -0.2) is 10.4 Å². The van der Waals surface area contributed by atoms with Crippen LogP contribution in [0.3, 0.4) is 0 Å². The minimum atomic E-state index is -4.29. The van der Waals surface area contributed by atoms with Crippen molar-refractivity contribution in [1.82, 2.24) is 15.0 Å². The molecule has 0 aliphatic heterocycles. The fourth-order valence-electron chi connectivity index (χ4n) is 4.35. The first-order valence-corrected chi connectivity index (χ1v) is 11.2. The molecule has 1 atom stereocenters. The Bertz CT molecular complexity index is 1220. The van der Waals surface area contributed by atoms with E-state index in [1.807, 2.05) is 31.3 Å². The summed E-state index contributed by atoms with van der Waals surface area (Å²) in [6, 6.07) is 11.9. The summed E-state index contributed by atoms with van der Waals surface area (Å²) in [6.45, 7) is 1.96. The molecule has 0 radical (unpaired) electrons. The predicted octanol–water partition coefficient (Wildman–Crippen LogP) is 5.80. The Balaban J connectivity index is 1.53. The topological polar surface area (TPSA) is 56.9 Å². The Morgan fingerprint density at radius 2 is 1.94 bits per heavy atom. The second-order valence-corrected chi connectivity index (χ2v) is 9.30. The maximum Gasteiger partial charge on any atom is 0.408 e. The highest BCUT2D eigenvalue weighted by Crippen LogP contribution is 2.50. The minimum Gasteiger partial charge on any atom is -0.321 e. The van der Waals surface area contributed by atoms with E-state index in [1.54, 1.807) is 12.1 Å². The maximum absolute atomic E-state index is 13.3. The van der Waals surface area contributed by atoms with E-state index in [-0.39, 0.29) is 12.8 Å². The molecule has 0 spiro atoms. The summed E-state index contributed by atoms with van der Waals surface area (Å²) >= 11 is 0. The van der Waals surface area contributed by atoms with Crippen LogP contribution >= 0.6 is 9.39 Å². The molecule has 2 aliphatic carbocycles. The number of nitrogens with one attached hydrogen (secondary N) is 1. The lowest BCUT2D eigenvalue weighted by Crippen LogP contribution is -2.50. The molecule has 2 aromatic heterocycles. The van der Waals surface area contributed by atoms with Gasteiger partial charge in [0.25, 0.3) is 0 Å². The molecule has 0 saturated heterocycles. The zero-order valence-corrected chi connectivity index (χ0v) is 18.7. The number of anilines is 1. The zero-order valence-electron chi connectivity index (χ0n) is 17.6. The number of rotatable bonds is 5. The van der Waals surface area contributed by atoms with Crippen LogP contribution < -0.4 is 10.2 Å². The van der Waals surface area contributed by atoms with Crippen molar-refractivity contribution in [2.75, 3.05) is 4.78 Å². The van der Waals surface area contributed by atoms with Gasteiger partial charge in [-0.1, -0.05) is 12.1 Å². The Morgan fingerprint density at radius 1 is 1.25 bits per heavy atom. The van der Waals surface area contributed by atoms with Crippen molar-refractivity contribution in [3.05, 3.63) is 47.7 Å². The van der Waals surface area contributed by atoms with Crippen molar-refractivity contribution in [3.8, 4) is 17.3 Å². The molecule has 166 valence electrons. The Kier molecular flexibility index (Phi) is 4.96. The Labute approximate surface area is 186 Å². The van der Waals surface area contributed by atoms with Crippen LogP contribution in [0.15, 0.2) is 36.5 Å². The summed E-state index contributed by atoms with van der Waals surface area (Å²) in [7, 11) is 2.31. The van der Waals surface area contributed by atoms with Crippen molar-refractivity contribution < 1.29 is 13.2 Å². The van der Waals surface area contributed by atoms with Crippen LogP contribution in [0.5, 0.6) is 0 Å². The van der Waals surface area contributed by atoms with Crippen molar-refractivity contribution in [2.45, 2.75) is 56.8 Å². The van der Waals surface area contributed by atoms with E-state index in [2.05, 4.69) is 30.4 Å². The molecule has 2 aliphatic rings. The van der Waals surface area contributed by atoms with E-state index < -0.39 is 11.7 Å². The summed E-state index contributed by atoms with van der Waals surface area (Å²) < 4.78 is 43.4. The van der Waals surface area contributed by atoms with Crippen LogP contribution in [0.4, 0.5) is 18.9 Å². The van der Waals surface area contributed by atoms with Crippen molar-refractivity contribution in [1.29, 1.82) is 5.26 Å². The number of hydrogen-bond acceptors (Lipinski definition) is 4. The monoisotopic (exact) mass is 457 g/mol. The zero-order chi connectivity index (χ0) is 22.7. The van der Waals surface area contributed by atoms with E-state index in [9.17, 15) is 18.4 Å². The van der Waals surface area contributed by atoms with Gasteiger partial charge in [0, 0.05) is 17.6 Å². The predicted molar refractivity (Wildman–Crippen MR) is 121 cm³/mol. The third kappa shape index (κ3) is 3.35. The molecular weight excluding hydrogens is 434 g/mol. The molecule has 0 bridgehead atoms. The fraction of sp³-hybridized carbons (Fsp3) is 0.391. The van der Waals surface area contributed by atoms with Crippen LogP contribution in [0.25, 0.3) is 22.3 Å². The van der Waals surface area contributed by atoms with Gasteiger partial charge < -0.3 is 4.57 Å². The van der Waals surface area contributed by atoms with Crippen LogP contribution in [-0.4, -0.2) is 21.3 Å². The number of benzene rings is 1. The number of aromatic nitrogens is 2. The summed E-state index contributed by atoms with van der Waals surface area (Å²) in [4.78, 5) is 4.64. The molecule has 2 fully saturated rings. The maximum atomic E-state index is 13.3. The lowest BCUT2D eigenvalue weighted by atomic mass is 9.92. The number of hydrazine groups is 1. The van der Waals surface area contributed by atoms with Gasteiger partial charge in [-0.15, -0.1) is 0 Å². The molecule has 32 heavy (non-hydrogen) atoms.